The van der Waals surface area contributed by atoms with E-state index in [4.69, 9.17) is 15.5 Å². The number of ether oxygens (including phenoxy) is 1. The van der Waals surface area contributed by atoms with Crippen LogP contribution in [-0.4, -0.2) is 28.0 Å². The molecule has 4 aromatic rings. The average Bonchev–Trinajstić information content (AvgIpc) is 2.85. The van der Waals surface area contributed by atoms with Crippen LogP contribution in [0.5, 0.6) is 5.75 Å². The summed E-state index contributed by atoms with van der Waals surface area (Å²) >= 11 is 0. The van der Waals surface area contributed by atoms with Gasteiger partial charge >= 0.3 is 0 Å². The first-order valence-corrected chi connectivity index (χ1v) is 11.0. The maximum Gasteiger partial charge on any atom is 0.257 e. The SMILES string of the molecule is COc1cc(-c2cncc(C[C@@H](C)c3cccc(NC(=O)c4ccc(C)nc4)c3)n2)ccc1N. The molecule has 3 N–H and O–H groups in total. The van der Waals surface area contributed by atoms with Gasteiger partial charge in [0.25, 0.3) is 5.91 Å². The van der Waals surface area contributed by atoms with Crippen LogP contribution >= 0.6 is 0 Å². The summed E-state index contributed by atoms with van der Waals surface area (Å²) in [4.78, 5) is 25.9. The smallest absolute Gasteiger partial charge is 0.257 e. The molecule has 0 aliphatic carbocycles. The Hall–Kier alpha value is -4.26. The number of hydrogen-bond acceptors (Lipinski definition) is 6. The van der Waals surface area contributed by atoms with Crippen LogP contribution in [0.2, 0.25) is 0 Å². The van der Waals surface area contributed by atoms with Crippen molar-refractivity contribution in [1.29, 1.82) is 0 Å². The van der Waals surface area contributed by atoms with E-state index >= 15 is 0 Å². The van der Waals surface area contributed by atoms with Gasteiger partial charge in [0.15, 0.2) is 0 Å². The molecule has 2 aromatic heterocycles. The van der Waals surface area contributed by atoms with Crippen molar-refractivity contribution in [2.24, 2.45) is 0 Å². The molecule has 0 saturated carbocycles. The van der Waals surface area contributed by atoms with Crippen molar-refractivity contribution in [1.82, 2.24) is 15.0 Å². The van der Waals surface area contributed by atoms with Crippen molar-refractivity contribution in [3.8, 4) is 17.0 Å². The van der Waals surface area contributed by atoms with Gasteiger partial charge in [-0.05, 0) is 61.2 Å². The van der Waals surface area contributed by atoms with Crippen LogP contribution < -0.4 is 15.8 Å². The fourth-order valence-electron chi connectivity index (χ4n) is 3.67. The molecule has 0 spiro atoms. The average molecular weight is 454 g/mol. The van der Waals surface area contributed by atoms with Crippen molar-refractivity contribution in [2.75, 3.05) is 18.2 Å². The molecular formula is C27H27N5O2. The minimum atomic E-state index is -0.185. The zero-order chi connectivity index (χ0) is 24.1. The first kappa shape index (κ1) is 22.9. The van der Waals surface area contributed by atoms with Gasteiger partial charge < -0.3 is 15.8 Å². The van der Waals surface area contributed by atoms with Gasteiger partial charge in [-0.2, -0.15) is 0 Å². The third-order valence-corrected chi connectivity index (χ3v) is 5.62. The number of nitrogens with two attached hydrogens (primary N) is 1. The number of amides is 1. The molecular weight excluding hydrogens is 426 g/mol. The molecule has 7 heteroatoms. The highest BCUT2D eigenvalue weighted by Gasteiger charge is 2.12. The number of aromatic nitrogens is 3. The van der Waals surface area contributed by atoms with E-state index in [0.29, 0.717) is 23.4 Å². The lowest BCUT2D eigenvalue weighted by Crippen LogP contribution is -2.12. The second kappa shape index (κ2) is 10.1. The summed E-state index contributed by atoms with van der Waals surface area (Å²) in [6.07, 6.45) is 5.80. The predicted octanol–water partition coefficient (Wildman–Crippen LogP) is 5.04. The first-order chi connectivity index (χ1) is 16.4. The van der Waals surface area contributed by atoms with Crippen LogP contribution in [0.25, 0.3) is 11.3 Å². The summed E-state index contributed by atoms with van der Waals surface area (Å²) in [7, 11) is 1.59. The van der Waals surface area contributed by atoms with E-state index in [1.807, 2.05) is 43.3 Å². The number of nitrogens with one attached hydrogen (secondary N) is 1. The number of nitrogen functional groups attached to an aromatic ring is 1. The summed E-state index contributed by atoms with van der Waals surface area (Å²) in [5, 5.41) is 2.95. The van der Waals surface area contributed by atoms with Gasteiger partial charge in [0, 0.05) is 29.3 Å². The maximum absolute atomic E-state index is 12.6. The Morgan fingerprint density at radius 1 is 1.09 bits per heavy atom. The molecule has 0 saturated heterocycles. The van der Waals surface area contributed by atoms with E-state index in [0.717, 1.165) is 33.9 Å². The highest BCUT2D eigenvalue weighted by Crippen LogP contribution is 2.28. The van der Waals surface area contributed by atoms with E-state index < -0.39 is 0 Å². The Balaban J connectivity index is 1.48. The van der Waals surface area contributed by atoms with Gasteiger partial charge in [0.2, 0.25) is 0 Å². The fourth-order valence-corrected chi connectivity index (χ4v) is 3.67. The van der Waals surface area contributed by atoms with Crippen molar-refractivity contribution >= 4 is 17.3 Å². The monoisotopic (exact) mass is 453 g/mol. The third kappa shape index (κ3) is 5.38. The molecule has 0 aliphatic rings. The third-order valence-electron chi connectivity index (χ3n) is 5.62. The number of aryl methyl sites for hydroxylation is 1. The minimum Gasteiger partial charge on any atom is -0.495 e. The maximum atomic E-state index is 12.6. The van der Waals surface area contributed by atoms with Gasteiger partial charge in [0.1, 0.15) is 5.75 Å². The molecule has 1 atom stereocenters. The highest BCUT2D eigenvalue weighted by molar-refractivity contribution is 6.04. The number of benzene rings is 2. The lowest BCUT2D eigenvalue weighted by molar-refractivity contribution is 0.102. The Labute approximate surface area is 199 Å². The molecule has 2 aromatic carbocycles. The molecule has 0 bridgehead atoms. The minimum absolute atomic E-state index is 0.170. The molecule has 7 nitrogen and oxygen atoms in total. The lowest BCUT2D eigenvalue weighted by Gasteiger charge is -2.14. The summed E-state index contributed by atoms with van der Waals surface area (Å²) in [6, 6.07) is 17.0. The molecule has 34 heavy (non-hydrogen) atoms. The Morgan fingerprint density at radius 3 is 2.71 bits per heavy atom. The zero-order valence-corrected chi connectivity index (χ0v) is 19.4. The standard InChI is InChI=1S/C27H27N5O2/c1-17(11-23-15-29-16-25(31-23)20-9-10-24(28)26(13-20)34-3)19-5-4-6-22(12-19)32-27(33)21-8-7-18(2)30-14-21/h4-10,12-17H,11,28H2,1-3H3,(H,32,33)/t17-/m1/s1. The van der Waals surface area contributed by atoms with Crippen LogP contribution in [0.15, 0.2) is 73.2 Å². The summed E-state index contributed by atoms with van der Waals surface area (Å²) in [5.41, 5.74) is 12.3. The number of pyridine rings is 1. The predicted molar refractivity (Wildman–Crippen MR) is 134 cm³/mol. The van der Waals surface area contributed by atoms with Crippen LogP contribution in [-0.2, 0) is 6.42 Å². The Morgan fingerprint density at radius 2 is 1.94 bits per heavy atom. The topological polar surface area (TPSA) is 103 Å². The van der Waals surface area contributed by atoms with Crippen molar-refractivity contribution in [2.45, 2.75) is 26.2 Å². The van der Waals surface area contributed by atoms with E-state index in [-0.39, 0.29) is 11.8 Å². The molecule has 2 heterocycles. The molecule has 1 amide bonds. The number of methoxy groups -OCH3 is 1. The second-order valence-corrected chi connectivity index (χ2v) is 8.23. The van der Waals surface area contributed by atoms with Gasteiger partial charge in [-0.25, -0.2) is 4.98 Å². The number of nitrogens with zero attached hydrogens (tertiary/aromatic N) is 3. The lowest BCUT2D eigenvalue weighted by atomic mass is 9.95. The molecule has 0 radical (unpaired) electrons. The molecule has 0 aliphatic heterocycles. The highest BCUT2D eigenvalue weighted by atomic mass is 16.5. The van der Waals surface area contributed by atoms with E-state index in [1.54, 1.807) is 37.8 Å². The van der Waals surface area contributed by atoms with Crippen LogP contribution in [0, 0.1) is 6.92 Å². The van der Waals surface area contributed by atoms with Gasteiger partial charge in [-0.1, -0.05) is 25.1 Å². The number of hydrogen-bond donors (Lipinski definition) is 2. The number of rotatable bonds is 7. The Bertz CT molecular complexity index is 1300. The van der Waals surface area contributed by atoms with Gasteiger partial charge in [-0.15, -0.1) is 0 Å². The first-order valence-electron chi connectivity index (χ1n) is 11.0. The molecule has 4 rings (SSSR count). The van der Waals surface area contributed by atoms with Crippen molar-refractivity contribution < 1.29 is 9.53 Å². The normalized spacial score (nSPS) is 11.6. The van der Waals surface area contributed by atoms with E-state index in [9.17, 15) is 4.79 Å². The largest absolute Gasteiger partial charge is 0.495 e. The zero-order valence-electron chi connectivity index (χ0n) is 19.4. The van der Waals surface area contributed by atoms with Crippen LogP contribution in [0.3, 0.4) is 0 Å². The quantitative estimate of drug-likeness (QED) is 0.380. The number of carbonyl (C=O) groups is 1. The van der Waals surface area contributed by atoms with E-state index in [1.165, 1.54) is 0 Å². The van der Waals surface area contributed by atoms with Crippen molar-refractivity contribution in [3.63, 3.8) is 0 Å². The van der Waals surface area contributed by atoms with Crippen LogP contribution in [0.1, 0.15) is 40.2 Å². The molecule has 172 valence electrons. The van der Waals surface area contributed by atoms with Gasteiger partial charge in [0.05, 0.1) is 35.9 Å². The van der Waals surface area contributed by atoms with E-state index in [2.05, 4.69) is 28.3 Å². The fraction of sp³-hybridized carbons (Fsp3) is 0.185. The number of anilines is 2. The summed E-state index contributed by atoms with van der Waals surface area (Å²) in [6.45, 7) is 4.02. The Kier molecular flexibility index (Phi) is 6.82. The summed E-state index contributed by atoms with van der Waals surface area (Å²) < 4.78 is 5.33. The number of carbonyl (C=O) groups excluding carboxylic acids is 1. The van der Waals surface area contributed by atoms with Gasteiger partial charge in [-0.3, -0.25) is 14.8 Å². The summed E-state index contributed by atoms with van der Waals surface area (Å²) in [5.74, 6) is 0.594. The molecule has 0 unspecified atom stereocenters. The van der Waals surface area contributed by atoms with Crippen molar-refractivity contribution in [3.05, 3.63) is 95.7 Å². The van der Waals surface area contributed by atoms with Crippen LogP contribution in [0.4, 0.5) is 11.4 Å². The second-order valence-electron chi connectivity index (χ2n) is 8.23. The molecule has 0 fully saturated rings.